The number of nitrogens with one attached hydrogen (secondary N) is 2. The predicted octanol–water partition coefficient (Wildman–Crippen LogP) is 5.12. The zero-order valence-corrected chi connectivity index (χ0v) is 23.3. The highest BCUT2D eigenvalue weighted by atomic mass is 19.1. The van der Waals surface area contributed by atoms with Crippen LogP contribution in [0.5, 0.6) is 0 Å². The van der Waals surface area contributed by atoms with Gasteiger partial charge in [-0.25, -0.2) is 13.8 Å². The standard InChI is InChI=1S/C31H37F2N5O2/c1-20-9-7-8-14-38(20)30(40)31(2,3)37-18-27(34-19-37)36-29(39)28(21-10-5-4-6-11-21)35-24-13-12-22-15-23(32)16-26(33)25(22)17-24/h4-6,10-11,15-16,18-20,24,28,35H,7-9,12-14,17H2,1-3H3,(H,36,39)/t20?,24?,28-/m0/s1. The summed E-state index contributed by atoms with van der Waals surface area (Å²) in [5.41, 5.74) is 1.07. The summed E-state index contributed by atoms with van der Waals surface area (Å²) in [6.07, 6.45) is 7.92. The number of nitrogens with zero attached hydrogens (tertiary/aromatic N) is 3. The Morgan fingerprint density at radius 2 is 1.88 bits per heavy atom. The van der Waals surface area contributed by atoms with E-state index in [2.05, 4.69) is 22.5 Å². The fourth-order valence-electron chi connectivity index (χ4n) is 5.89. The maximum atomic E-state index is 14.5. The van der Waals surface area contributed by atoms with Crippen molar-refractivity contribution in [3.05, 3.63) is 83.3 Å². The zero-order chi connectivity index (χ0) is 28.4. The van der Waals surface area contributed by atoms with Crippen molar-refractivity contribution in [2.45, 2.75) is 83.0 Å². The van der Waals surface area contributed by atoms with Crippen LogP contribution in [0.3, 0.4) is 0 Å². The highest BCUT2D eigenvalue weighted by molar-refractivity contribution is 5.95. The summed E-state index contributed by atoms with van der Waals surface area (Å²) < 4.78 is 30.0. The lowest BCUT2D eigenvalue weighted by atomic mass is 9.87. The molecule has 3 atom stereocenters. The summed E-state index contributed by atoms with van der Waals surface area (Å²) in [4.78, 5) is 33.4. The zero-order valence-electron chi connectivity index (χ0n) is 23.3. The molecule has 1 aliphatic carbocycles. The van der Waals surface area contributed by atoms with Crippen LogP contribution in [0, 0.1) is 11.6 Å². The molecule has 0 spiro atoms. The molecule has 7 nitrogen and oxygen atoms in total. The molecule has 212 valence electrons. The molecule has 0 saturated carbocycles. The van der Waals surface area contributed by atoms with E-state index in [1.807, 2.05) is 49.1 Å². The van der Waals surface area contributed by atoms with Gasteiger partial charge in [-0.1, -0.05) is 30.3 Å². The monoisotopic (exact) mass is 549 g/mol. The minimum Gasteiger partial charge on any atom is -0.338 e. The van der Waals surface area contributed by atoms with Crippen LogP contribution in [0.25, 0.3) is 0 Å². The fraction of sp³-hybridized carbons (Fsp3) is 0.452. The molecule has 2 heterocycles. The summed E-state index contributed by atoms with van der Waals surface area (Å²) in [5, 5.41) is 6.32. The second-order valence-corrected chi connectivity index (χ2v) is 11.5. The van der Waals surface area contributed by atoms with E-state index in [9.17, 15) is 18.4 Å². The van der Waals surface area contributed by atoms with Crippen molar-refractivity contribution >= 4 is 17.6 Å². The third kappa shape index (κ3) is 5.80. The topological polar surface area (TPSA) is 79.3 Å². The molecule has 0 radical (unpaired) electrons. The molecule has 2 aliphatic rings. The normalized spacial score (nSPS) is 20.1. The van der Waals surface area contributed by atoms with Crippen LogP contribution in [-0.2, 0) is 28.0 Å². The Labute approximate surface area is 234 Å². The minimum absolute atomic E-state index is 0.0310. The first-order valence-electron chi connectivity index (χ1n) is 14.1. The highest BCUT2D eigenvalue weighted by Gasteiger charge is 2.37. The van der Waals surface area contributed by atoms with Crippen LogP contribution in [0.2, 0.25) is 0 Å². The number of halogens is 2. The first kappa shape index (κ1) is 28.0. The molecule has 40 heavy (non-hydrogen) atoms. The SMILES string of the molecule is CC1CCCCN1C(=O)C(C)(C)n1cnc(NC(=O)[C@@H](NC2CCc3cc(F)cc(F)c3C2)c2ccccc2)c1. The van der Waals surface area contributed by atoms with Crippen LogP contribution in [-0.4, -0.2) is 44.9 Å². The number of benzene rings is 2. The van der Waals surface area contributed by atoms with Gasteiger partial charge in [0.1, 0.15) is 23.2 Å². The third-order valence-corrected chi connectivity index (χ3v) is 8.33. The van der Waals surface area contributed by atoms with Crippen LogP contribution in [0.1, 0.15) is 69.2 Å². The molecule has 3 aromatic rings. The van der Waals surface area contributed by atoms with Crippen molar-refractivity contribution in [3.8, 4) is 0 Å². The van der Waals surface area contributed by atoms with E-state index in [0.717, 1.165) is 37.4 Å². The summed E-state index contributed by atoms with van der Waals surface area (Å²) in [6, 6.07) is 10.9. The second-order valence-electron chi connectivity index (χ2n) is 11.5. The molecular weight excluding hydrogens is 512 g/mol. The molecule has 0 bridgehead atoms. The number of hydrogen-bond acceptors (Lipinski definition) is 4. The molecule has 2 unspecified atom stereocenters. The van der Waals surface area contributed by atoms with Crippen LogP contribution >= 0.6 is 0 Å². The number of anilines is 1. The Bertz CT molecular complexity index is 1370. The lowest BCUT2D eigenvalue weighted by molar-refractivity contribution is -0.142. The van der Waals surface area contributed by atoms with Gasteiger partial charge in [0.05, 0.1) is 6.33 Å². The van der Waals surface area contributed by atoms with Crippen molar-refractivity contribution in [1.82, 2.24) is 19.8 Å². The van der Waals surface area contributed by atoms with Crippen molar-refractivity contribution in [2.24, 2.45) is 0 Å². The number of hydrogen-bond donors (Lipinski definition) is 2. The Morgan fingerprint density at radius 1 is 1.10 bits per heavy atom. The molecule has 5 rings (SSSR count). The quantitative estimate of drug-likeness (QED) is 0.429. The van der Waals surface area contributed by atoms with E-state index in [1.54, 1.807) is 17.1 Å². The number of carbonyl (C=O) groups is 2. The molecule has 2 N–H and O–H groups in total. The van der Waals surface area contributed by atoms with Crippen LogP contribution in [0.4, 0.5) is 14.6 Å². The number of likely N-dealkylation sites (tertiary alicyclic amines) is 1. The van der Waals surface area contributed by atoms with Gasteiger partial charge in [0, 0.05) is 30.9 Å². The lowest BCUT2D eigenvalue weighted by Gasteiger charge is -2.39. The van der Waals surface area contributed by atoms with Gasteiger partial charge in [-0.2, -0.15) is 0 Å². The third-order valence-electron chi connectivity index (χ3n) is 8.33. The Kier molecular flexibility index (Phi) is 8.03. The van der Waals surface area contributed by atoms with Gasteiger partial charge in [-0.3, -0.25) is 14.9 Å². The average molecular weight is 550 g/mol. The van der Waals surface area contributed by atoms with Gasteiger partial charge in [-0.15, -0.1) is 0 Å². The van der Waals surface area contributed by atoms with Crippen molar-refractivity contribution in [1.29, 1.82) is 0 Å². The summed E-state index contributed by atoms with van der Waals surface area (Å²) in [7, 11) is 0. The van der Waals surface area contributed by atoms with E-state index < -0.39 is 23.2 Å². The first-order chi connectivity index (χ1) is 19.1. The van der Waals surface area contributed by atoms with Gasteiger partial charge in [0.2, 0.25) is 11.8 Å². The van der Waals surface area contributed by atoms with Gasteiger partial charge in [0.15, 0.2) is 5.82 Å². The predicted molar refractivity (Wildman–Crippen MR) is 150 cm³/mol. The number of carbonyl (C=O) groups excluding carboxylic acids is 2. The van der Waals surface area contributed by atoms with Gasteiger partial charge in [0.25, 0.3) is 0 Å². The summed E-state index contributed by atoms with van der Waals surface area (Å²) in [6.45, 7) is 6.56. The smallest absolute Gasteiger partial charge is 0.248 e. The number of imidazole rings is 1. The number of piperidine rings is 1. The number of amides is 2. The Morgan fingerprint density at radius 3 is 2.62 bits per heavy atom. The van der Waals surface area contributed by atoms with Crippen molar-refractivity contribution in [3.63, 3.8) is 0 Å². The number of aryl methyl sites for hydroxylation is 1. The van der Waals surface area contributed by atoms with Crippen molar-refractivity contribution < 1.29 is 18.4 Å². The fourth-order valence-corrected chi connectivity index (χ4v) is 5.89. The maximum absolute atomic E-state index is 14.5. The molecule has 9 heteroatoms. The van der Waals surface area contributed by atoms with E-state index in [1.165, 1.54) is 6.07 Å². The van der Waals surface area contributed by atoms with E-state index in [0.29, 0.717) is 36.2 Å². The maximum Gasteiger partial charge on any atom is 0.248 e. The van der Waals surface area contributed by atoms with Gasteiger partial charge >= 0.3 is 0 Å². The second kappa shape index (κ2) is 11.5. The van der Waals surface area contributed by atoms with Gasteiger partial charge < -0.3 is 14.8 Å². The number of fused-ring (bicyclic) bond motifs is 1. The minimum atomic E-state index is -0.863. The van der Waals surface area contributed by atoms with Crippen LogP contribution < -0.4 is 10.6 Å². The molecular formula is C31H37F2N5O2. The largest absolute Gasteiger partial charge is 0.338 e. The molecule has 1 saturated heterocycles. The molecule has 1 aromatic heterocycles. The van der Waals surface area contributed by atoms with E-state index in [-0.39, 0.29) is 23.9 Å². The average Bonchev–Trinajstić information content (AvgIpc) is 3.41. The Hall–Kier alpha value is -3.59. The number of rotatable bonds is 7. The van der Waals surface area contributed by atoms with Gasteiger partial charge in [-0.05, 0) is 82.1 Å². The molecule has 2 aromatic carbocycles. The highest BCUT2D eigenvalue weighted by Crippen LogP contribution is 2.28. The summed E-state index contributed by atoms with van der Waals surface area (Å²) in [5.74, 6) is -1.06. The summed E-state index contributed by atoms with van der Waals surface area (Å²) >= 11 is 0. The Balaban J connectivity index is 1.32. The van der Waals surface area contributed by atoms with E-state index in [4.69, 9.17) is 0 Å². The molecule has 2 amide bonds. The molecule has 1 fully saturated rings. The first-order valence-corrected chi connectivity index (χ1v) is 14.1. The van der Waals surface area contributed by atoms with Crippen LogP contribution in [0.15, 0.2) is 55.0 Å². The lowest BCUT2D eigenvalue weighted by Crippen LogP contribution is -2.51. The van der Waals surface area contributed by atoms with Crippen molar-refractivity contribution in [2.75, 3.05) is 11.9 Å². The number of aromatic nitrogens is 2. The van der Waals surface area contributed by atoms with E-state index >= 15 is 0 Å². The molecule has 1 aliphatic heterocycles.